The summed E-state index contributed by atoms with van der Waals surface area (Å²) < 4.78 is 29.0. The fourth-order valence-electron chi connectivity index (χ4n) is 2.36. The zero-order chi connectivity index (χ0) is 16.6. The van der Waals surface area contributed by atoms with Gasteiger partial charge in [-0.3, -0.25) is 14.3 Å². The minimum Gasteiger partial charge on any atom is -0.369 e. The van der Waals surface area contributed by atoms with Crippen molar-refractivity contribution in [2.45, 2.75) is 32.8 Å². The van der Waals surface area contributed by atoms with Gasteiger partial charge in [-0.15, -0.1) is 9.05 Å². The van der Waals surface area contributed by atoms with Crippen molar-refractivity contribution in [2.75, 3.05) is 12.3 Å². The Bertz CT molecular complexity index is 788. The maximum absolute atomic E-state index is 11.7. The van der Waals surface area contributed by atoms with Gasteiger partial charge in [0.05, 0.1) is 6.33 Å². The summed E-state index contributed by atoms with van der Waals surface area (Å²) in [6, 6.07) is 0. The molecular formula is C12H17N5O5P+. The third-order valence-corrected chi connectivity index (χ3v) is 4.27. The molecule has 3 unspecified atom stereocenters. The summed E-state index contributed by atoms with van der Waals surface area (Å²) in [5, 5.41) is 0. The van der Waals surface area contributed by atoms with Crippen molar-refractivity contribution in [3.05, 3.63) is 16.7 Å². The molecule has 11 heteroatoms. The van der Waals surface area contributed by atoms with Crippen molar-refractivity contribution in [2.24, 2.45) is 5.92 Å². The zero-order valence-corrected chi connectivity index (χ0v) is 13.5. The van der Waals surface area contributed by atoms with E-state index >= 15 is 0 Å². The summed E-state index contributed by atoms with van der Waals surface area (Å²) in [5.74, 6) is 0.115. The maximum Gasteiger partial charge on any atom is 0.697 e. The molecule has 23 heavy (non-hydrogen) atoms. The van der Waals surface area contributed by atoms with E-state index in [0.29, 0.717) is 5.65 Å². The number of aromatic amines is 1. The Balaban J connectivity index is 1.78. The number of nitrogens with zero attached hydrogens (tertiary/aromatic N) is 3. The van der Waals surface area contributed by atoms with Gasteiger partial charge in [0.15, 0.2) is 11.2 Å². The van der Waals surface area contributed by atoms with Crippen LogP contribution in [0.25, 0.3) is 11.2 Å². The Kier molecular flexibility index (Phi) is 4.40. The van der Waals surface area contributed by atoms with Gasteiger partial charge >= 0.3 is 8.25 Å². The SMILES string of the molecule is CC(C)C1O[P+](=O)OCC1OCn1cnc2c(=O)[nH]c(N)nc21. The van der Waals surface area contributed by atoms with E-state index in [1.165, 1.54) is 6.33 Å². The number of hydrogen-bond donors (Lipinski definition) is 2. The van der Waals surface area contributed by atoms with Gasteiger partial charge in [0.25, 0.3) is 5.56 Å². The molecule has 0 aromatic carbocycles. The summed E-state index contributed by atoms with van der Waals surface area (Å²) in [6.07, 6.45) is 0.713. The third-order valence-electron chi connectivity index (χ3n) is 3.50. The molecule has 1 aliphatic heterocycles. The van der Waals surface area contributed by atoms with Gasteiger partial charge in [0.2, 0.25) is 5.95 Å². The first-order valence-electron chi connectivity index (χ1n) is 7.05. The van der Waals surface area contributed by atoms with Crippen molar-refractivity contribution in [3.8, 4) is 0 Å². The lowest BCUT2D eigenvalue weighted by Crippen LogP contribution is -2.40. The number of rotatable bonds is 4. The highest BCUT2D eigenvalue weighted by molar-refractivity contribution is 7.33. The van der Waals surface area contributed by atoms with Crippen molar-refractivity contribution >= 4 is 25.4 Å². The van der Waals surface area contributed by atoms with Gasteiger partial charge < -0.3 is 10.5 Å². The number of nitrogens with two attached hydrogens (primary N) is 1. The van der Waals surface area contributed by atoms with Gasteiger partial charge in [0.1, 0.15) is 25.5 Å². The number of aromatic nitrogens is 4. The molecule has 3 heterocycles. The third kappa shape index (κ3) is 3.25. The number of anilines is 1. The molecule has 124 valence electrons. The van der Waals surface area contributed by atoms with Crippen LogP contribution in [0, 0.1) is 5.92 Å². The molecule has 2 aromatic heterocycles. The van der Waals surface area contributed by atoms with Crippen LogP contribution in [-0.2, 0) is 25.1 Å². The molecule has 0 amide bonds. The van der Waals surface area contributed by atoms with E-state index in [2.05, 4.69) is 15.0 Å². The first kappa shape index (κ1) is 16.0. The molecule has 0 radical (unpaired) electrons. The first-order valence-corrected chi connectivity index (χ1v) is 8.14. The van der Waals surface area contributed by atoms with E-state index in [4.69, 9.17) is 19.5 Å². The van der Waals surface area contributed by atoms with Crippen LogP contribution < -0.4 is 11.3 Å². The summed E-state index contributed by atoms with van der Waals surface area (Å²) in [7, 11) is -2.11. The van der Waals surface area contributed by atoms with Gasteiger partial charge in [-0.05, 0) is 5.92 Å². The van der Waals surface area contributed by atoms with E-state index in [-0.39, 0.29) is 42.9 Å². The second-order valence-corrected chi connectivity index (χ2v) is 6.42. The predicted octanol–water partition coefficient (Wildman–Crippen LogP) is 0.773. The zero-order valence-electron chi connectivity index (χ0n) is 12.6. The Morgan fingerprint density at radius 1 is 1.61 bits per heavy atom. The van der Waals surface area contributed by atoms with Crippen LogP contribution in [0.5, 0.6) is 0 Å². The lowest BCUT2D eigenvalue weighted by atomic mass is 10.0. The molecule has 1 aliphatic rings. The van der Waals surface area contributed by atoms with Crippen LogP contribution in [0.3, 0.4) is 0 Å². The fourth-order valence-corrected chi connectivity index (χ4v) is 3.27. The highest BCUT2D eigenvalue weighted by atomic mass is 31.1. The topological polar surface area (TPSA) is 134 Å². The molecule has 1 saturated heterocycles. The second kappa shape index (κ2) is 6.32. The lowest BCUT2D eigenvalue weighted by Gasteiger charge is -2.26. The van der Waals surface area contributed by atoms with Crippen molar-refractivity contribution < 1.29 is 18.3 Å². The van der Waals surface area contributed by atoms with Gasteiger partial charge in [-0.2, -0.15) is 4.98 Å². The summed E-state index contributed by atoms with van der Waals surface area (Å²) in [4.78, 5) is 22.2. The Morgan fingerprint density at radius 2 is 2.39 bits per heavy atom. The van der Waals surface area contributed by atoms with Crippen LogP contribution in [0.4, 0.5) is 5.95 Å². The number of nitrogen functional groups attached to an aromatic ring is 1. The van der Waals surface area contributed by atoms with Gasteiger partial charge in [-0.25, -0.2) is 4.98 Å². The van der Waals surface area contributed by atoms with Crippen LogP contribution in [0.1, 0.15) is 13.8 Å². The normalized spacial score (nSPS) is 23.7. The quantitative estimate of drug-likeness (QED) is 0.778. The number of ether oxygens (including phenoxy) is 1. The number of imidazole rings is 1. The summed E-state index contributed by atoms with van der Waals surface area (Å²) in [5.41, 5.74) is 5.65. The largest absolute Gasteiger partial charge is 0.697 e. The summed E-state index contributed by atoms with van der Waals surface area (Å²) >= 11 is 0. The second-order valence-electron chi connectivity index (χ2n) is 5.51. The van der Waals surface area contributed by atoms with Gasteiger partial charge in [-0.1, -0.05) is 13.8 Å². The average Bonchev–Trinajstić information content (AvgIpc) is 2.89. The van der Waals surface area contributed by atoms with Crippen LogP contribution in [0.2, 0.25) is 0 Å². The molecular weight excluding hydrogens is 325 g/mol. The van der Waals surface area contributed by atoms with Crippen molar-refractivity contribution in [3.63, 3.8) is 0 Å². The van der Waals surface area contributed by atoms with Crippen LogP contribution >= 0.6 is 8.25 Å². The number of hydrogen-bond acceptors (Lipinski definition) is 8. The number of H-pyrrole nitrogens is 1. The molecule has 0 spiro atoms. The van der Waals surface area contributed by atoms with Crippen molar-refractivity contribution in [1.82, 2.24) is 19.5 Å². The fraction of sp³-hybridized carbons (Fsp3) is 0.583. The molecule has 1 fully saturated rings. The van der Waals surface area contributed by atoms with E-state index in [1.807, 2.05) is 13.8 Å². The molecule has 2 aromatic rings. The highest BCUT2D eigenvalue weighted by Gasteiger charge is 2.43. The van der Waals surface area contributed by atoms with Crippen LogP contribution in [0.15, 0.2) is 11.1 Å². The van der Waals surface area contributed by atoms with E-state index in [1.54, 1.807) is 4.57 Å². The van der Waals surface area contributed by atoms with Crippen LogP contribution in [-0.4, -0.2) is 38.3 Å². The Labute approximate surface area is 131 Å². The lowest BCUT2D eigenvalue weighted by molar-refractivity contribution is -0.109. The smallest absolute Gasteiger partial charge is 0.369 e. The molecule has 3 N–H and O–H groups in total. The van der Waals surface area contributed by atoms with E-state index in [9.17, 15) is 9.36 Å². The molecule has 0 saturated carbocycles. The van der Waals surface area contributed by atoms with E-state index in [0.717, 1.165) is 0 Å². The number of nitrogens with one attached hydrogen (secondary N) is 1. The average molecular weight is 342 g/mol. The number of fused-ring (bicyclic) bond motifs is 1. The standard InChI is InChI=1S/C12H16N5O5P/c1-6(2)9-7(3-21-23(19)22-9)20-5-17-4-14-8-10(17)15-12(13)16-11(8)18/h4,6-7,9H,3,5H2,1-2H3,(H2-,13,15,16,18)/p+1. The highest BCUT2D eigenvalue weighted by Crippen LogP contribution is 2.36. The molecule has 3 rings (SSSR count). The maximum atomic E-state index is 11.7. The molecule has 0 aliphatic carbocycles. The minimum absolute atomic E-state index is 0.00522. The molecule has 3 atom stereocenters. The first-order chi connectivity index (χ1) is 11.0. The van der Waals surface area contributed by atoms with Gasteiger partial charge in [0, 0.05) is 4.57 Å². The monoisotopic (exact) mass is 342 g/mol. The molecule has 10 nitrogen and oxygen atoms in total. The van der Waals surface area contributed by atoms with E-state index < -0.39 is 13.8 Å². The Morgan fingerprint density at radius 3 is 3.13 bits per heavy atom. The molecule has 0 bridgehead atoms. The van der Waals surface area contributed by atoms with Crippen molar-refractivity contribution in [1.29, 1.82) is 0 Å². The predicted molar refractivity (Wildman–Crippen MR) is 80.7 cm³/mol. The minimum atomic E-state index is -2.11. The summed E-state index contributed by atoms with van der Waals surface area (Å²) in [6.45, 7) is 4.15. The Hall–Kier alpha value is -1.87.